The Balaban J connectivity index is 1.75. The molecule has 124 valence electrons. The van der Waals surface area contributed by atoms with Gasteiger partial charge in [0.15, 0.2) is 0 Å². The molecule has 3 aromatic rings. The summed E-state index contributed by atoms with van der Waals surface area (Å²) in [5, 5.41) is 4.76. The first-order valence-corrected chi connectivity index (χ1v) is 9.23. The third-order valence-corrected chi connectivity index (χ3v) is 5.09. The topological polar surface area (TPSA) is 64.0 Å². The van der Waals surface area contributed by atoms with E-state index in [1.54, 1.807) is 17.1 Å². The third-order valence-electron chi connectivity index (χ3n) is 3.27. The van der Waals surface area contributed by atoms with Crippen LogP contribution in [0.5, 0.6) is 0 Å². The van der Waals surface area contributed by atoms with Crippen LogP contribution in [0, 0.1) is 0 Å². The molecule has 24 heavy (non-hydrogen) atoms. The zero-order valence-corrected chi connectivity index (χ0v) is 14.7. The molecule has 5 nitrogen and oxygen atoms in total. The number of hydrogen-bond acceptors (Lipinski definition) is 3. The minimum Gasteiger partial charge on any atom is -0.241 e. The molecule has 0 bridgehead atoms. The average molecular weight is 382 g/mol. The summed E-state index contributed by atoms with van der Waals surface area (Å²) in [5.74, 6) is 0. The van der Waals surface area contributed by atoms with Crippen LogP contribution in [0.15, 0.2) is 65.8 Å². The Morgan fingerprint density at radius 3 is 2.38 bits per heavy atom. The molecular formula is C16H13Cl2N3O2S. The van der Waals surface area contributed by atoms with Crippen molar-refractivity contribution in [3.63, 3.8) is 0 Å². The maximum atomic E-state index is 12.3. The van der Waals surface area contributed by atoms with Gasteiger partial charge in [0, 0.05) is 28.4 Å². The zero-order valence-electron chi connectivity index (χ0n) is 12.4. The number of rotatable bonds is 5. The van der Waals surface area contributed by atoms with Gasteiger partial charge in [-0.2, -0.15) is 5.10 Å². The van der Waals surface area contributed by atoms with Crippen molar-refractivity contribution in [1.82, 2.24) is 14.5 Å². The Labute approximate surface area is 149 Å². The number of hydrogen-bond donors (Lipinski definition) is 1. The molecule has 0 saturated carbocycles. The molecule has 0 atom stereocenters. The highest BCUT2D eigenvalue weighted by Crippen LogP contribution is 2.22. The van der Waals surface area contributed by atoms with E-state index in [2.05, 4.69) is 9.82 Å². The van der Waals surface area contributed by atoms with Crippen molar-refractivity contribution in [3.8, 4) is 5.69 Å². The molecule has 0 fully saturated rings. The zero-order chi connectivity index (χ0) is 17.2. The molecule has 0 unspecified atom stereocenters. The highest BCUT2D eigenvalue weighted by atomic mass is 35.5. The first-order valence-electron chi connectivity index (χ1n) is 6.99. The van der Waals surface area contributed by atoms with Crippen molar-refractivity contribution in [2.75, 3.05) is 0 Å². The van der Waals surface area contributed by atoms with Crippen molar-refractivity contribution >= 4 is 33.2 Å². The van der Waals surface area contributed by atoms with Gasteiger partial charge in [-0.05, 0) is 30.3 Å². The summed E-state index contributed by atoms with van der Waals surface area (Å²) in [7, 11) is -3.71. The van der Waals surface area contributed by atoms with Gasteiger partial charge >= 0.3 is 0 Å². The van der Waals surface area contributed by atoms with Crippen LogP contribution >= 0.6 is 23.2 Å². The number of halogens is 2. The molecule has 0 aliphatic rings. The summed E-state index contributed by atoms with van der Waals surface area (Å²) in [6, 6.07) is 13.7. The first kappa shape index (κ1) is 17.0. The van der Waals surface area contributed by atoms with E-state index < -0.39 is 10.0 Å². The monoisotopic (exact) mass is 381 g/mol. The van der Waals surface area contributed by atoms with Crippen LogP contribution in [0.3, 0.4) is 0 Å². The SMILES string of the molecule is O=S(=O)(NCc1cnn(-c2ccccc2)c1)c1cc(Cl)cc(Cl)c1. The second-order valence-corrected chi connectivity index (χ2v) is 7.70. The molecular weight excluding hydrogens is 369 g/mol. The van der Waals surface area contributed by atoms with Gasteiger partial charge in [-0.15, -0.1) is 0 Å². The molecule has 0 aliphatic heterocycles. The third kappa shape index (κ3) is 3.96. The van der Waals surface area contributed by atoms with Crippen LogP contribution in [-0.2, 0) is 16.6 Å². The van der Waals surface area contributed by atoms with Gasteiger partial charge in [0.2, 0.25) is 10.0 Å². The molecule has 1 heterocycles. The van der Waals surface area contributed by atoms with Crippen LogP contribution in [-0.4, -0.2) is 18.2 Å². The molecule has 0 aliphatic carbocycles. The highest BCUT2D eigenvalue weighted by Gasteiger charge is 2.15. The van der Waals surface area contributed by atoms with Gasteiger partial charge in [-0.1, -0.05) is 41.4 Å². The van der Waals surface area contributed by atoms with Crippen molar-refractivity contribution in [3.05, 3.63) is 76.5 Å². The second kappa shape index (κ2) is 6.94. The summed E-state index contributed by atoms with van der Waals surface area (Å²) >= 11 is 11.7. The minimum atomic E-state index is -3.71. The number of nitrogens with one attached hydrogen (secondary N) is 1. The van der Waals surface area contributed by atoms with Gasteiger partial charge < -0.3 is 0 Å². The number of para-hydroxylation sites is 1. The second-order valence-electron chi connectivity index (χ2n) is 5.06. The fraction of sp³-hybridized carbons (Fsp3) is 0.0625. The van der Waals surface area contributed by atoms with E-state index in [9.17, 15) is 8.42 Å². The molecule has 3 rings (SSSR count). The number of nitrogens with zero attached hydrogens (tertiary/aromatic N) is 2. The van der Waals surface area contributed by atoms with E-state index in [4.69, 9.17) is 23.2 Å². The van der Waals surface area contributed by atoms with E-state index in [0.29, 0.717) is 0 Å². The van der Waals surface area contributed by atoms with Gasteiger partial charge in [-0.25, -0.2) is 17.8 Å². The Kier molecular flexibility index (Phi) is 4.91. The number of aromatic nitrogens is 2. The fourth-order valence-corrected chi connectivity index (χ4v) is 3.86. The van der Waals surface area contributed by atoms with Crippen LogP contribution in [0.25, 0.3) is 5.69 Å². The summed E-state index contributed by atoms with van der Waals surface area (Å²) < 4.78 is 28.9. The van der Waals surface area contributed by atoms with E-state index >= 15 is 0 Å². The van der Waals surface area contributed by atoms with E-state index in [1.165, 1.54) is 18.2 Å². The van der Waals surface area contributed by atoms with E-state index in [1.807, 2.05) is 30.3 Å². The van der Waals surface area contributed by atoms with Crippen LogP contribution in [0.2, 0.25) is 10.0 Å². The van der Waals surface area contributed by atoms with E-state index in [-0.39, 0.29) is 21.5 Å². The maximum Gasteiger partial charge on any atom is 0.240 e. The molecule has 0 radical (unpaired) electrons. The van der Waals surface area contributed by atoms with Crippen LogP contribution in [0.1, 0.15) is 5.56 Å². The maximum absolute atomic E-state index is 12.3. The predicted molar refractivity (Wildman–Crippen MR) is 94.1 cm³/mol. The first-order chi connectivity index (χ1) is 11.4. The van der Waals surface area contributed by atoms with Crippen molar-refractivity contribution < 1.29 is 8.42 Å². The van der Waals surface area contributed by atoms with Crippen LogP contribution in [0.4, 0.5) is 0 Å². The summed E-state index contributed by atoms with van der Waals surface area (Å²) in [6.45, 7) is 0.110. The normalized spacial score (nSPS) is 11.6. The molecule has 0 saturated heterocycles. The predicted octanol–water partition coefficient (Wildman–Crippen LogP) is 3.66. The number of benzene rings is 2. The van der Waals surface area contributed by atoms with Gasteiger partial charge in [0.1, 0.15) is 0 Å². The van der Waals surface area contributed by atoms with Gasteiger partial charge in [0.05, 0.1) is 16.8 Å². The van der Waals surface area contributed by atoms with Gasteiger partial charge in [-0.3, -0.25) is 0 Å². The highest BCUT2D eigenvalue weighted by molar-refractivity contribution is 7.89. The molecule has 8 heteroatoms. The molecule has 1 N–H and O–H groups in total. The average Bonchev–Trinajstić information content (AvgIpc) is 3.02. The summed E-state index contributed by atoms with van der Waals surface area (Å²) in [5.41, 5.74) is 1.63. The quantitative estimate of drug-likeness (QED) is 0.733. The Morgan fingerprint density at radius 2 is 1.71 bits per heavy atom. The Bertz CT molecular complexity index is 936. The molecule has 2 aromatic carbocycles. The summed E-state index contributed by atoms with van der Waals surface area (Å²) in [6.07, 6.45) is 3.38. The lowest BCUT2D eigenvalue weighted by Gasteiger charge is -2.06. The fourth-order valence-electron chi connectivity index (χ4n) is 2.12. The minimum absolute atomic E-state index is 0.0236. The lowest BCUT2D eigenvalue weighted by Crippen LogP contribution is -2.23. The molecule has 1 aromatic heterocycles. The molecule has 0 spiro atoms. The molecule has 0 amide bonds. The standard InChI is InChI=1S/C16H13Cl2N3O2S/c17-13-6-14(18)8-16(7-13)24(22,23)20-10-12-9-19-21(11-12)15-4-2-1-3-5-15/h1-9,11,20H,10H2. The lowest BCUT2D eigenvalue weighted by atomic mass is 10.3. The van der Waals surface area contributed by atoms with Gasteiger partial charge in [0.25, 0.3) is 0 Å². The Hall–Kier alpha value is -1.86. The largest absolute Gasteiger partial charge is 0.241 e. The van der Waals surface area contributed by atoms with Crippen molar-refractivity contribution in [1.29, 1.82) is 0 Å². The lowest BCUT2D eigenvalue weighted by molar-refractivity contribution is 0.581. The van der Waals surface area contributed by atoms with E-state index in [0.717, 1.165) is 11.3 Å². The smallest absolute Gasteiger partial charge is 0.240 e. The Morgan fingerprint density at radius 1 is 1.04 bits per heavy atom. The van der Waals surface area contributed by atoms with Crippen molar-refractivity contribution in [2.24, 2.45) is 0 Å². The van der Waals surface area contributed by atoms with Crippen molar-refractivity contribution in [2.45, 2.75) is 11.4 Å². The number of sulfonamides is 1. The van der Waals surface area contributed by atoms with Crippen LogP contribution < -0.4 is 4.72 Å². The summed E-state index contributed by atoms with van der Waals surface area (Å²) in [4.78, 5) is 0.0236.